The lowest BCUT2D eigenvalue weighted by Gasteiger charge is -2.31. The van der Waals surface area contributed by atoms with Crippen LogP contribution >= 0.6 is 15.9 Å². The van der Waals surface area contributed by atoms with Gasteiger partial charge >= 0.3 is 0 Å². The number of aromatic nitrogens is 4. The standard InChI is InChI=1S/C14H18BrN5/c1-9(2)6-12-8-13(10-4-3-5-11(15)7-10)16-14-17-18-19-20(12)14/h3-5,7,9,12-13H,6,8H2,1-2H3,(H,16,17,19)/t12-,13-/m0/s1. The number of hydrogen-bond donors (Lipinski definition) is 1. The number of halogens is 1. The summed E-state index contributed by atoms with van der Waals surface area (Å²) >= 11 is 3.54. The zero-order valence-corrected chi connectivity index (χ0v) is 13.2. The van der Waals surface area contributed by atoms with Crippen LogP contribution in [-0.2, 0) is 0 Å². The Morgan fingerprint density at radius 2 is 2.30 bits per heavy atom. The lowest BCUT2D eigenvalue weighted by Crippen LogP contribution is -2.28. The number of anilines is 1. The summed E-state index contributed by atoms with van der Waals surface area (Å²) in [7, 11) is 0. The van der Waals surface area contributed by atoms with E-state index >= 15 is 0 Å². The van der Waals surface area contributed by atoms with Crippen LogP contribution in [0.1, 0.15) is 44.3 Å². The molecule has 0 fully saturated rings. The molecule has 0 amide bonds. The Bertz CT molecular complexity index is 595. The van der Waals surface area contributed by atoms with Gasteiger partial charge in [-0.25, -0.2) is 4.68 Å². The lowest BCUT2D eigenvalue weighted by molar-refractivity contribution is 0.316. The highest BCUT2D eigenvalue weighted by atomic mass is 79.9. The molecule has 20 heavy (non-hydrogen) atoms. The molecular weight excluding hydrogens is 318 g/mol. The molecule has 0 radical (unpaired) electrons. The van der Waals surface area contributed by atoms with Gasteiger partial charge in [-0.1, -0.05) is 47.0 Å². The second-order valence-corrected chi connectivity index (χ2v) is 6.63. The highest BCUT2D eigenvalue weighted by Crippen LogP contribution is 2.36. The summed E-state index contributed by atoms with van der Waals surface area (Å²) in [4.78, 5) is 0. The number of tetrazole rings is 1. The van der Waals surface area contributed by atoms with Crippen LogP contribution in [0.25, 0.3) is 0 Å². The van der Waals surface area contributed by atoms with Crippen molar-refractivity contribution in [3.63, 3.8) is 0 Å². The molecular formula is C14H18BrN5. The summed E-state index contributed by atoms with van der Waals surface area (Å²) in [6.45, 7) is 4.47. The van der Waals surface area contributed by atoms with Crippen LogP contribution in [0.5, 0.6) is 0 Å². The van der Waals surface area contributed by atoms with Crippen molar-refractivity contribution in [2.24, 2.45) is 5.92 Å². The van der Waals surface area contributed by atoms with E-state index in [1.165, 1.54) is 5.56 Å². The van der Waals surface area contributed by atoms with Crippen molar-refractivity contribution in [1.29, 1.82) is 0 Å². The van der Waals surface area contributed by atoms with Crippen LogP contribution in [-0.4, -0.2) is 20.2 Å². The second-order valence-electron chi connectivity index (χ2n) is 5.72. The summed E-state index contributed by atoms with van der Waals surface area (Å²) in [6, 6.07) is 9.02. The van der Waals surface area contributed by atoms with E-state index in [0.29, 0.717) is 12.0 Å². The molecule has 1 aliphatic rings. The molecule has 5 nitrogen and oxygen atoms in total. The Morgan fingerprint density at radius 3 is 3.05 bits per heavy atom. The molecule has 0 unspecified atom stereocenters. The average Bonchev–Trinajstić information content (AvgIpc) is 2.86. The lowest BCUT2D eigenvalue weighted by atomic mass is 9.92. The van der Waals surface area contributed by atoms with Gasteiger partial charge in [0, 0.05) is 4.47 Å². The quantitative estimate of drug-likeness (QED) is 0.931. The van der Waals surface area contributed by atoms with Crippen LogP contribution in [0, 0.1) is 5.92 Å². The van der Waals surface area contributed by atoms with Crippen molar-refractivity contribution >= 4 is 21.9 Å². The minimum atomic E-state index is 0.259. The number of nitrogens with zero attached hydrogens (tertiary/aromatic N) is 4. The van der Waals surface area contributed by atoms with Crippen LogP contribution in [0.2, 0.25) is 0 Å². The molecule has 0 saturated heterocycles. The zero-order valence-electron chi connectivity index (χ0n) is 11.6. The van der Waals surface area contributed by atoms with Gasteiger partial charge in [0.05, 0.1) is 12.1 Å². The first kappa shape index (κ1) is 13.5. The van der Waals surface area contributed by atoms with E-state index < -0.39 is 0 Å². The van der Waals surface area contributed by atoms with Crippen LogP contribution in [0.3, 0.4) is 0 Å². The molecule has 0 aliphatic carbocycles. The van der Waals surface area contributed by atoms with E-state index in [1.54, 1.807) is 0 Å². The smallest absolute Gasteiger partial charge is 0.243 e. The Labute approximate surface area is 126 Å². The minimum absolute atomic E-state index is 0.259. The summed E-state index contributed by atoms with van der Waals surface area (Å²) in [5.74, 6) is 1.39. The molecule has 6 heteroatoms. The molecule has 1 aromatic heterocycles. The van der Waals surface area contributed by atoms with Gasteiger partial charge in [0.1, 0.15) is 0 Å². The maximum absolute atomic E-state index is 4.12. The normalized spacial score (nSPS) is 21.6. The Kier molecular flexibility index (Phi) is 3.74. The SMILES string of the molecule is CC(C)C[C@H]1C[C@@H](c2cccc(Br)c2)Nc2nnnn21. The van der Waals surface area contributed by atoms with E-state index in [-0.39, 0.29) is 6.04 Å². The van der Waals surface area contributed by atoms with Crippen molar-refractivity contribution in [1.82, 2.24) is 20.2 Å². The zero-order chi connectivity index (χ0) is 14.1. The summed E-state index contributed by atoms with van der Waals surface area (Å²) in [6.07, 6.45) is 2.09. The fourth-order valence-electron chi connectivity index (χ4n) is 2.80. The van der Waals surface area contributed by atoms with E-state index in [9.17, 15) is 0 Å². The van der Waals surface area contributed by atoms with Gasteiger partial charge in [-0.05, 0) is 46.9 Å². The number of fused-ring (bicyclic) bond motifs is 1. The number of nitrogens with one attached hydrogen (secondary N) is 1. The van der Waals surface area contributed by atoms with Gasteiger partial charge in [-0.15, -0.1) is 0 Å². The van der Waals surface area contributed by atoms with Gasteiger partial charge in [-0.3, -0.25) is 0 Å². The molecule has 2 aromatic rings. The first-order valence-electron chi connectivity index (χ1n) is 6.93. The fraction of sp³-hybridized carbons (Fsp3) is 0.500. The highest BCUT2D eigenvalue weighted by molar-refractivity contribution is 9.10. The van der Waals surface area contributed by atoms with E-state index in [0.717, 1.165) is 23.3 Å². The van der Waals surface area contributed by atoms with Crippen molar-refractivity contribution < 1.29 is 0 Å². The molecule has 3 rings (SSSR count). The molecule has 0 bridgehead atoms. The van der Waals surface area contributed by atoms with Crippen molar-refractivity contribution in [2.45, 2.75) is 38.8 Å². The van der Waals surface area contributed by atoms with Gasteiger partial charge < -0.3 is 5.32 Å². The summed E-state index contributed by atoms with van der Waals surface area (Å²) < 4.78 is 3.02. The fourth-order valence-corrected chi connectivity index (χ4v) is 3.22. The number of benzene rings is 1. The minimum Gasteiger partial charge on any atom is -0.346 e. The Morgan fingerprint density at radius 1 is 1.45 bits per heavy atom. The van der Waals surface area contributed by atoms with Gasteiger partial charge in [0.15, 0.2) is 0 Å². The Hall–Kier alpha value is -1.43. The average molecular weight is 336 g/mol. The molecule has 1 aromatic carbocycles. The molecule has 106 valence electrons. The maximum Gasteiger partial charge on any atom is 0.243 e. The van der Waals surface area contributed by atoms with E-state index in [4.69, 9.17) is 0 Å². The first-order chi connectivity index (χ1) is 9.63. The monoisotopic (exact) mass is 335 g/mol. The predicted octanol–water partition coefficient (Wildman–Crippen LogP) is 3.58. The third-order valence-electron chi connectivity index (χ3n) is 3.64. The van der Waals surface area contributed by atoms with Crippen molar-refractivity contribution in [2.75, 3.05) is 5.32 Å². The van der Waals surface area contributed by atoms with E-state index in [1.807, 2.05) is 10.7 Å². The van der Waals surface area contributed by atoms with Gasteiger partial charge in [0.2, 0.25) is 5.95 Å². The maximum atomic E-state index is 4.12. The molecule has 0 spiro atoms. The second kappa shape index (κ2) is 5.52. The largest absolute Gasteiger partial charge is 0.346 e. The van der Waals surface area contributed by atoms with Crippen LogP contribution in [0.15, 0.2) is 28.7 Å². The van der Waals surface area contributed by atoms with Crippen LogP contribution in [0.4, 0.5) is 5.95 Å². The topological polar surface area (TPSA) is 55.6 Å². The van der Waals surface area contributed by atoms with Crippen LogP contribution < -0.4 is 5.32 Å². The van der Waals surface area contributed by atoms with E-state index in [2.05, 4.69) is 68.8 Å². The molecule has 0 saturated carbocycles. The van der Waals surface area contributed by atoms with Crippen molar-refractivity contribution in [3.05, 3.63) is 34.3 Å². The van der Waals surface area contributed by atoms with Crippen molar-refractivity contribution in [3.8, 4) is 0 Å². The first-order valence-corrected chi connectivity index (χ1v) is 7.72. The Balaban J connectivity index is 1.89. The predicted molar refractivity (Wildman–Crippen MR) is 81.4 cm³/mol. The third-order valence-corrected chi connectivity index (χ3v) is 4.14. The molecule has 2 atom stereocenters. The molecule has 1 aliphatic heterocycles. The number of hydrogen-bond acceptors (Lipinski definition) is 4. The summed E-state index contributed by atoms with van der Waals surface area (Å²) in [5.41, 5.74) is 1.27. The number of rotatable bonds is 3. The third kappa shape index (κ3) is 2.70. The van der Waals surface area contributed by atoms with Gasteiger partial charge in [-0.2, -0.15) is 0 Å². The molecule has 2 heterocycles. The van der Waals surface area contributed by atoms with Gasteiger partial charge in [0.25, 0.3) is 0 Å². The highest BCUT2D eigenvalue weighted by Gasteiger charge is 2.29. The molecule has 1 N–H and O–H groups in total. The summed E-state index contributed by atoms with van der Waals surface area (Å²) in [5, 5.41) is 15.4.